The quantitative estimate of drug-likeness (QED) is 0.244. The number of sulfonamides is 1. The topological polar surface area (TPSA) is 58.5 Å². The predicted octanol–water partition coefficient (Wildman–Crippen LogP) is 4.30. The summed E-state index contributed by atoms with van der Waals surface area (Å²) in [6.07, 6.45) is 9.26. The molecule has 0 aromatic heterocycles. The minimum atomic E-state index is -3.31. The molecule has 0 unspecified atom stereocenters. The minimum Gasteiger partial charge on any atom is -0.205 e. The van der Waals surface area contributed by atoms with Crippen LogP contribution in [0.5, 0.6) is 0 Å². The van der Waals surface area contributed by atoms with Crippen molar-refractivity contribution in [3.63, 3.8) is 0 Å². The van der Waals surface area contributed by atoms with Gasteiger partial charge in [-0.15, -0.1) is 0 Å². The number of hydrazone groups is 1. The van der Waals surface area contributed by atoms with Gasteiger partial charge in [-0.2, -0.15) is 5.10 Å². The van der Waals surface area contributed by atoms with E-state index in [1.165, 1.54) is 31.9 Å². The molecule has 0 heterocycles. The molecule has 0 saturated carbocycles. The third-order valence-corrected chi connectivity index (χ3v) is 5.15. The number of benzene rings is 1. The van der Waals surface area contributed by atoms with Crippen molar-refractivity contribution in [1.29, 1.82) is 0 Å². The second kappa shape index (κ2) is 11.0. The number of unbranched alkanes of at least 4 members (excludes halogenated alkanes) is 6. The van der Waals surface area contributed by atoms with Gasteiger partial charge in [-0.1, -0.05) is 57.6 Å². The van der Waals surface area contributed by atoms with Crippen LogP contribution in [0.1, 0.15) is 57.4 Å². The molecule has 0 amide bonds. The van der Waals surface area contributed by atoms with Gasteiger partial charge in [0.15, 0.2) is 0 Å². The number of hydrogen-bond acceptors (Lipinski definition) is 3. The highest BCUT2D eigenvalue weighted by Gasteiger charge is 2.07. The van der Waals surface area contributed by atoms with Gasteiger partial charge in [-0.3, -0.25) is 0 Å². The Morgan fingerprint density at radius 1 is 1.14 bits per heavy atom. The number of hydrogen-bond donors (Lipinski definition) is 1. The van der Waals surface area contributed by atoms with Crippen molar-refractivity contribution in [3.8, 4) is 0 Å². The van der Waals surface area contributed by atoms with Gasteiger partial charge in [0, 0.05) is 3.57 Å². The van der Waals surface area contributed by atoms with Gasteiger partial charge in [-0.05, 0) is 46.7 Å². The molecule has 1 aromatic rings. The highest BCUT2D eigenvalue weighted by Crippen LogP contribution is 2.08. The first-order chi connectivity index (χ1) is 10.5. The van der Waals surface area contributed by atoms with Gasteiger partial charge in [0.25, 0.3) is 0 Å². The van der Waals surface area contributed by atoms with Crippen molar-refractivity contribution in [2.45, 2.75) is 51.9 Å². The Labute approximate surface area is 148 Å². The molecule has 1 rings (SSSR count). The molecular weight excluding hydrogens is 411 g/mol. The van der Waals surface area contributed by atoms with Crippen LogP contribution >= 0.6 is 22.6 Å². The summed E-state index contributed by atoms with van der Waals surface area (Å²) in [6.45, 7) is 2.19. The summed E-state index contributed by atoms with van der Waals surface area (Å²) < 4.78 is 24.7. The van der Waals surface area contributed by atoms with E-state index in [0.29, 0.717) is 6.42 Å². The van der Waals surface area contributed by atoms with E-state index in [0.717, 1.165) is 22.0 Å². The Bertz CT molecular complexity index is 559. The van der Waals surface area contributed by atoms with E-state index in [9.17, 15) is 8.42 Å². The van der Waals surface area contributed by atoms with Crippen LogP contribution in [0.3, 0.4) is 0 Å². The van der Waals surface area contributed by atoms with Crippen LogP contribution in [0.4, 0.5) is 0 Å². The first-order valence-corrected chi connectivity index (χ1v) is 10.5. The fourth-order valence-electron chi connectivity index (χ4n) is 2.06. The Morgan fingerprint density at radius 2 is 1.82 bits per heavy atom. The fraction of sp³-hybridized carbons (Fsp3) is 0.562. The van der Waals surface area contributed by atoms with Crippen molar-refractivity contribution in [1.82, 2.24) is 4.83 Å². The van der Waals surface area contributed by atoms with Crippen LogP contribution in [0.15, 0.2) is 29.4 Å². The maximum atomic E-state index is 11.8. The Hall–Kier alpha value is -0.630. The standard InChI is InChI=1S/C16H25IN2O2S/c1-2-3-4-5-6-7-8-12-22(20,21)19-18-14-15-10-9-11-16(17)13-15/h9-11,13-14,19H,2-8,12H2,1H3/b18-14+. The average Bonchev–Trinajstić information content (AvgIpc) is 2.46. The molecule has 0 aliphatic heterocycles. The second-order valence-corrected chi connectivity index (χ2v) is 8.41. The van der Waals surface area contributed by atoms with E-state index in [4.69, 9.17) is 0 Å². The van der Waals surface area contributed by atoms with Crippen molar-refractivity contribution >= 4 is 38.8 Å². The lowest BCUT2D eigenvalue weighted by Gasteiger charge is -2.03. The molecule has 0 fully saturated rings. The fourth-order valence-corrected chi connectivity index (χ4v) is 3.52. The van der Waals surface area contributed by atoms with E-state index in [1.54, 1.807) is 0 Å². The summed E-state index contributed by atoms with van der Waals surface area (Å²) in [5.74, 6) is 0.143. The molecule has 1 N–H and O–H groups in total. The summed E-state index contributed by atoms with van der Waals surface area (Å²) in [5.41, 5.74) is 0.880. The SMILES string of the molecule is CCCCCCCCCS(=O)(=O)N/N=C/c1cccc(I)c1. The van der Waals surface area contributed by atoms with Crippen LogP contribution in [-0.2, 0) is 10.0 Å². The normalized spacial score (nSPS) is 11.9. The molecule has 4 nitrogen and oxygen atoms in total. The Kier molecular flexibility index (Phi) is 9.70. The van der Waals surface area contributed by atoms with Gasteiger partial charge in [0.05, 0.1) is 12.0 Å². The van der Waals surface area contributed by atoms with Crippen LogP contribution < -0.4 is 4.83 Å². The van der Waals surface area contributed by atoms with Gasteiger partial charge in [-0.25, -0.2) is 13.2 Å². The van der Waals surface area contributed by atoms with Gasteiger partial charge in [0.2, 0.25) is 10.0 Å². The summed E-state index contributed by atoms with van der Waals surface area (Å²) in [6, 6.07) is 7.71. The molecular formula is C16H25IN2O2S. The predicted molar refractivity (Wildman–Crippen MR) is 102 cm³/mol. The number of nitrogens with one attached hydrogen (secondary N) is 1. The molecule has 0 atom stereocenters. The van der Waals surface area contributed by atoms with Gasteiger partial charge >= 0.3 is 0 Å². The lowest BCUT2D eigenvalue weighted by Crippen LogP contribution is -2.21. The van der Waals surface area contributed by atoms with E-state index < -0.39 is 10.0 Å². The number of halogens is 1. The Balaban J connectivity index is 2.23. The molecule has 0 aliphatic carbocycles. The molecule has 0 aliphatic rings. The van der Waals surface area contributed by atoms with E-state index >= 15 is 0 Å². The van der Waals surface area contributed by atoms with Crippen molar-refractivity contribution in [2.24, 2.45) is 5.10 Å². The van der Waals surface area contributed by atoms with Crippen molar-refractivity contribution in [2.75, 3.05) is 5.75 Å². The monoisotopic (exact) mass is 436 g/mol. The minimum absolute atomic E-state index is 0.143. The van der Waals surface area contributed by atoms with Gasteiger partial charge in [0.1, 0.15) is 0 Å². The van der Waals surface area contributed by atoms with E-state index in [-0.39, 0.29) is 5.75 Å². The van der Waals surface area contributed by atoms with E-state index in [2.05, 4.69) is 39.4 Å². The molecule has 22 heavy (non-hydrogen) atoms. The summed E-state index contributed by atoms with van der Waals surface area (Å²) in [4.78, 5) is 2.28. The number of nitrogens with zero attached hydrogens (tertiary/aromatic N) is 1. The zero-order valence-electron chi connectivity index (χ0n) is 13.1. The maximum absolute atomic E-state index is 11.8. The zero-order chi connectivity index (χ0) is 16.3. The van der Waals surface area contributed by atoms with Crippen molar-refractivity contribution in [3.05, 3.63) is 33.4 Å². The lowest BCUT2D eigenvalue weighted by atomic mass is 10.1. The van der Waals surface area contributed by atoms with Crippen LogP contribution in [0.25, 0.3) is 0 Å². The Morgan fingerprint density at radius 3 is 2.50 bits per heavy atom. The summed E-state index contributed by atoms with van der Waals surface area (Å²) >= 11 is 2.21. The largest absolute Gasteiger partial charge is 0.247 e. The van der Waals surface area contributed by atoms with Crippen LogP contribution in [-0.4, -0.2) is 20.4 Å². The molecule has 0 radical (unpaired) electrons. The molecule has 124 valence electrons. The average molecular weight is 436 g/mol. The third-order valence-electron chi connectivity index (χ3n) is 3.27. The first kappa shape index (κ1) is 19.4. The van der Waals surface area contributed by atoms with Gasteiger partial charge < -0.3 is 0 Å². The number of rotatable bonds is 11. The van der Waals surface area contributed by atoms with Crippen LogP contribution in [0, 0.1) is 3.57 Å². The molecule has 0 bridgehead atoms. The lowest BCUT2D eigenvalue weighted by molar-refractivity contribution is 0.570. The second-order valence-electron chi connectivity index (χ2n) is 5.34. The van der Waals surface area contributed by atoms with E-state index in [1.807, 2.05) is 24.3 Å². The highest BCUT2D eigenvalue weighted by atomic mass is 127. The van der Waals surface area contributed by atoms with Crippen molar-refractivity contribution < 1.29 is 8.42 Å². The maximum Gasteiger partial charge on any atom is 0.247 e. The molecule has 0 spiro atoms. The highest BCUT2D eigenvalue weighted by molar-refractivity contribution is 14.1. The molecule has 1 aromatic carbocycles. The first-order valence-electron chi connectivity index (χ1n) is 7.81. The molecule has 0 saturated heterocycles. The summed E-state index contributed by atoms with van der Waals surface area (Å²) in [5, 5.41) is 3.83. The molecule has 6 heteroatoms. The zero-order valence-corrected chi connectivity index (χ0v) is 16.1. The van der Waals surface area contributed by atoms with Crippen LogP contribution in [0.2, 0.25) is 0 Å². The third kappa shape index (κ3) is 9.40. The summed E-state index contributed by atoms with van der Waals surface area (Å²) in [7, 11) is -3.31. The smallest absolute Gasteiger partial charge is 0.205 e.